The second kappa shape index (κ2) is 7.41. The standard InChI is InChI=1S/C16H24FN3O/c1-3-18-11-13-7-6-8-14(17)16(13)19(2)12-15(21)20-9-4-5-10-20/h6-8,18H,3-5,9-12H2,1-2H3. The lowest BCUT2D eigenvalue weighted by Gasteiger charge is -2.25. The topological polar surface area (TPSA) is 35.6 Å². The summed E-state index contributed by atoms with van der Waals surface area (Å²) in [5.41, 5.74) is 1.40. The Hall–Kier alpha value is -1.62. The number of hydrogen-bond donors (Lipinski definition) is 1. The van der Waals surface area contributed by atoms with Gasteiger partial charge in [-0.15, -0.1) is 0 Å². The quantitative estimate of drug-likeness (QED) is 0.871. The lowest BCUT2D eigenvalue weighted by Crippen LogP contribution is -2.38. The van der Waals surface area contributed by atoms with Gasteiger partial charge in [0.1, 0.15) is 5.82 Å². The number of anilines is 1. The van der Waals surface area contributed by atoms with Gasteiger partial charge in [-0.3, -0.25) is 4.79 Å². The number of halogens is 1. The number of benzene rings is 1. The summed E-state index contributed by atoms with van der Waals surface area (Å²) in [6, 6.07) is 5.06. The number of para-hydroxylation sites is 1. The molecule has 1 amide bonds. The molecule has 2 rings (SSSR count). The lowest BCUT2D eigenvalue weighted by molar-refractivity contribution is -0.128. The first-order valence-electron chi connectivity index (χ1n) is 7.60. The Morgan fingerprint density at radius 1 is 1.38 bits per heavy atom. The molecule has 0 radical (unpaired) electrons. The van der Waals surface area contributed by atoms with E-state index in [-0.39, 0.29) is 18.3 Å². The van der Waals surface area contributed by atoms with Gasteiger partial charge in [-0.1, -0.05) is 19.1 Å². The average Bonchev–Trinajstić information content (AvgIpc) is 2.99. The normalized spacial score (nSPS) is 14.5. The van der Waals surface area contributed by atoms with Crippen LogP contribution in [0.3, 0.4) is 0 Å². The molecule has 1 heterocycles. The van der Waals surface area contributed by atoms with Gasteiger partial charge in [0.25, 0.3) is 0 Å². The van der Waals surface area contributed by atoms with Gasteiger partial charge >= 0.3 is 0 Å². The first-order valence-corrected chi connectivity index (χ1v) is 7.60. The summed E-state index contributed by atoms with van der Waals surface area (Å²) in [6.07, 6.45) is 2.14. The summed E-state index contributed by atoms with van der Waals surface area (Å²) in [5, 5.41) is 3.21. The van der Waals surface area contributed by atoms with Crippen LogP contribution in [0.25, 0.3) is 0 Å². The van der Waals surface area contributed by atoms with Crippen molar-refractivity contribution < 1.29 is 9.18 Å². The smallest absolute Gasteiger partial charge is 0.242 e. The maximum absolute atomic E-state index is 14.2. The molecule has 0 aromatic heterocycles. The summed E-state index contributed by atoms with van der Waals surface area (Å²) in [5.74, 6) is -0.199. The average molecular weight is 293 g/mol. The lowest BCUT2D eigenvalue weighted by atomic mass is 10.1. The van der Waals surface area contributed by atoms with Crippen molar-refractivity contribution in [2.24, 2.45) is 0 Å². The molecule has 0 saturated carbocycles. The minimum Gasteiger partial charge on any atom is -0.363 e. The van der Waals surface area contributed by atoms with E-state index < -0.39 is 0 Å². The van der Waals surface area contributed by atoms with Gasteiger partial charge in [0, 0.05) is 26.7 Å². The second-order valence-corrected chi connectivity index (χ2v) is 5.47. The number of likely N-dealkylation sites (tertiary alicyclic amines) is 1. The third kappa shape index (κ3) is 3.94. The highest BCUT2D eigenvalue weighted by molar-refractivity contribution is 5.82. The Morgan fingerprint density at radius 2 is 2.10 bits per heavy atom. The van der Waals surface area contributed by atoms with Crippen molar-refractivity contribution >= 4 is 11.6 Å². The van der Waals surface area contributed by atoms with Crippen molar-refractivity contribution in [1.82, 2.24) is 10.2 Å². The molecule has 1 aliphatic heterocycles. The molecule has 1 aliphatic rings. The van der Waals surface area contributed by atoms with Crippen LogP contribution < -0.4 is 10.2 Å². The molecule has 0 aliphatic carbocycles. The largest absolute Gasteiger partial charge is 0.363 e. The van der Waals surface area contributed by atoms with Crippen LogP contribution in [0.5, 0.6) is 0 Å². The number of nitrogens with one attached hydrogen (secondary N) is 1. The summed E-state index contributed by atoms with van der Waals surface area (Å²) in [7, 11) is 1.78. The van der Waals surface area contributed by atoms with Gasteiger partial charge in [-0.25, -0.2) is 4.39 Å². The number of carbonyl (C=O) groups excluding carboxylic acids is 1. The Morgan fingerprint density at radius 3 is 2.76 bits per heavy atom. The number of rotatable bonds is 6. The zero-order valence-corrected chi connectivity index (χ0v) is 12.9. The minimum absolute atomic E-state index is 0.0765. The predicted octanol–water partition coefficient (Wildman–Crippen LogP) is 1.99. The van der Waals surface area contributed by atoms with E-state index in [2.05, 4.69) is 5.32 Å². The van der Waals surface area contributed by atoms with Crippen LogP contribution >= 0.6 is 0 Å². The van der Waals surface area contributed by atoms with Crippen LogP contribution in [0.4, 0.5) is 10.1 Å². The van der Waals surface area contributed by atoms with Crippen molar-refractivity contribution in [1.29, 1.82) is 0 Å². The Kier molecular flexibility index (Phi) is 5.56. The summed E-state index contributed by atoms with van der Waals surface area (Å²) in [4.78, 5) is 15.8. The predicted molar refractivity (Wildman–Crippen MR) is 82.9 cm³/mol. The minimum atomic E-state index is -0.276. The molecule has 1 aromatic carbocycles. The maximum atomic E-state index is 14.2. The monoisotopic (exact) mass is 293 g/mol. The number of amides is 1. The summed E-state index contributed by atoms with van der Waals surface area (Å²) >= 11 is 0. The molecule has 5 heteroatoms. The van der Waals surface area contributed by atoms with Gasteiger partial charge in [0.05, 0.1) is 12.2 Å². The molecule has 0 atom stereocenters. The van der Waals surface area contributed by atoms with Gasteiger partial charge in [-0.05, 0) is 31.0 Å². The molecule has 4 nitrogen and oxygen atoms in total. The number of hydrogen-bond acceptors (Lipinski definition) is 3. The zero-order chi connectivity index (χ0) is 15.2. The van der Waals surface area contributed by atoms with Crippen LogP contribution in [0.15, 0.2) is 18.2 Å². The van der Waals surface area contributed by atoms with Crippen molar-refractivity contribution in [3.05, 3.63) is 29.6 Å². The molecule has 116 valence electrons. The highest BCUT2D eigenvalue weighted by atomic mass is 19.1. The molecule has 1 fully saturated rings. The van der Waals surface area contributed by atoms with E-state index >= 15 is 0 Å². The van der Waals surface area contributed by atoms with Gasteiger partial charge in [-0.2, -0.15) is 0 Å². The molecular weight excluding hydrogens is 269 g/mol. The van der Waals surface area contributed by atoms with Crippen LogP contribution in [0.2, 0.25) is 0 Å². The number of nitrogens with zero attached hydrogens (tertiary/aromatic N) is 2. The van der Waals surface area contributed by atoms with Crippen molar-refractivity contribution in [3.8, 4) is 0 Å². The second-order valence-electron chi connectivity index (χ2n) is 5.47. The first kappa shape index (κ1) is 15.8. The molecule has 1 saturated heterocycles. The maximum Gasteiger partial charge on any atom is 0.242 e. The van der Waals surface area contributed by atoms with E-state index in [4.69, 9.17) is 0 Å². The fourth-order valence-corrected chi connectivity index (χ4v) is 2.74. The fraction of sp³-hybridized carbons (Fsp3) is 0.562. The van der Waals surface area contributed by atoms with E-state index in [0.29, 0.717) is 12.2 Å². The fourth-order valence-electron chi connectivity index (χ4n) is 2.74. The van der Waals surface area contributed by atoms with Crippen LogP contribution in [0.1, 0.15) is 25.3 Å². The van der Waals surface area contributed by atoms with E-state index in [1.807, 2.05) is 17.9 Å². The van der Waals surface area contributed by atoms with Crippen molar-refractivity contribution in [2.75, 3.05) is 38.1 Å². The zero-order valence-electron chi connectivity index (χ0n) is 12.9. The molecule has 0 bridgehead atoms. The molecule has 21 heavy (non-hydrogen) atoms. The SMILES string of the molecule is CCNCc1cccc(F)c1N(C)CC(=O)N1CCCC1. The van der Waals surface area contributed by atoms with Gasteiger partial charge in [0.15, 0.2) is 0 Å². The molecular formula is C16H24FN3O. The van der Waals surface area contributed by atoms with Crippen molar-refractivity contribution in [2.45, 2.75) is 26.3 Å². The van der Waals surface area contributed by atoms with E-state index in [0.717, 1.165) is 38.0 Å². The number of likely N-dealkylation sites (N-methyl/N-ethyl adjacent to an activating group) is 1. The summed E-state index contributed by atoms with van der Waals surface area (Å²) in [6.45, 7) is 5.32. The molecule has 1 aromatic rings. The van der Waals surface area contributed by atoms with Crippen molar-refractivity contribution in [3.63, 3.8) is 0 Å². The highest BCUT2D eigenvalue weighted by Crippen LogP contribution is 2.23. The Labute approximate surface area is 125 Å². The van der Waals surface area contributed by atoms with Gasteiger partial charge < -0.3 is 15.1 Å². The Balaban J connectivity index is 2.09. The van der Waals surface area contributed by atoms with E-state index in [9.17, 15) is 9.18 Å². The van der Waals surface area contributed by atoms with E-state index in [1.54, 1.807) is 18.0 Å². The first-order chi connectivity index (χ1) is 10.1. The highest BCUT2D eigenvalue weighted by Gasteiger charge is 2.21. The Bertz CT molecular complexity index is 486. The van der Waals surface area contributed by atoms with Gasteiger partial charge in [0.2, 0.25) is 5.91 Å². The molecule has 0 unspecified atom stereocenters. The summed E-state index contributed by atoms with van der Waals surface area (Å²) < 4.78 is 14.2. The third-order valence-electron chi connectivity index (χ3n) is 3.85. The number of carbonyl (C=O) groups is 1. The van der Waals surface area contributed by atoms with E-state index in [1.165, 1.54) is 6.07 Å². The van der Waals surface area contributed by atoms with Crippen LogP contribution in [-0.4, -0.2) is 44.0 Å². The molecule has 1 N–H and O–H groups in total. The third-order valence-corrected chi connectivity index (χ3v) is 3.85. The van der Waals surface area contributed by atoms with Crippen LogP contribution in [0, 0.1) is 5.82 Å². The van der Waals surface area contributed by atoms with Crippen LogP contribution in [-0.2, 0) is 11.3 Å². The molecule has 0 spiro atoms.